The zero-order chi connectivity index (χ0) is 19.4. The Bertz CT molecular complexity index is 962. The lowest BCUT2D eigenvalue weighted by molar-refractivity contribution is -0.134. The second kappa shape index (κ2) is 8.31. The smallest absolute Gasteiger partial charge is 0.358 e. The van der Waals surface area contributed by atoms with Gasteiger partial charge in [-0.1, -0.05) is 43.3 Å². The molecule has 2 aromatic carbocycles. The summed E-state index contributed by atoms with van der Waals surface area (Å²) in [4.78, 5) is 31.1. The molecule has 0 amide bonds. The number of methoxy groups -OCH3 is 2. The predicted molar refractivity (Wildman–Crippen MR) is 109 cm³/mol. The van der Waals surface area contributed by atoms with Crippen molar-refractivity contribution in [3.05, 3.63) is 48.5 Å². The number of aliphatic imine (C=N–C) groups is 1. The quantitative estimate of drug-likeness (QED) is 0.591. The Hall–Kier alpha value is -2.73. The van der Waals surface area contributed by atoms with Crippen LogP contribution in [0.15, 0.2) is 58.4 Å². The van der Waals surface area contributed by atoms with Gasteiger partial charge < -0.3 is 9.47 Å². The van der Waals surface area contributed by atoms with E-state index in [0.717, 1.165) is 22.4 Å². The lowest BCUT2D eigenvalue weighted by Gasteiger charge is -2.22. The summed E-state index contributed by atoms with van der Waals surface area (Å²) in [6.45, 7) is 2.05. The summed E-state index contributed by atoms with van der Waals surface area (Å²) in [6, 6.07) is 15.5. The summed E-state index contributed by atoms with van der Waals surface area (Å²) >= 11 is 0. The molecule has 5 nitrogen and oxygen atoms in total. The van der Waals surface area contributed by atoms with Gasteiger partial charge in [0.05, 0.1) is 19.9 Å². The highest BCUT2D eigenvalue weighted by Gasteiger charge is 2.31. The van der Waals surface area contributed by atoms with Crippen LogP contribution in [-0.4, -0.2) is 42.5 Å². The maximum absolute atomic E-state index is 12.7. The molecule has 0 saturated heterocycles. The number of carbonyl (C=O) groups excluding carboxylic acids is 2. The van der Waals surface area contributed by atoms with Crippen molar-refractivity contribution in [1.29, 1.82) is 0 Å². The molecule has 0 radical (unpaired) electrons. The molecule has 1 heterocycles. The van der Waals surface area contributed by atoms with Crippen molar-refractivity contribution in [1.82, 2.24) is 0 Å². The maximum Gasteiger partial charge on any atom is 0.358 e. The summed E-state index contributed by atoms with van der Waals surface area (Å²) < 4.78 is 9.98. The van der Waals surface area contributed by atoms with E-state index in [4.69, 9.17) is 9.47 Å². The van der Waals surface area contributed by atoms with Crippen molar-refractivity contribution < 1.29 is 19.1 Å². The summed E-state index contributed by atoms with van der Waals surface area (Å²) in [7, 11) is 1.94. The number of hydrogen-bond acceptors (Lipinski definition) is 5. The van der Waals surface area contributed by atoms with E-state index < -0.39 is 22.4 Å². The molecule has 0 N–H and O–H groups in total. The van der Waals surface area contributed by atoms with E-state index >= 15 is 0 Å². The van der Waals surface area contributed by atoms with E-state index in [0.29, 0.717) is 11.4 Å². The molecule has 0 bridgehead atoms. The fraction of sp³-hybridized carbons (Fsp3) is 0.238. The molecule has 0 fully saturated rings. The van der Waals surface area contributed by atoms with Crippen LogP contribution in [-0.2, 0) is 19.1 Å². The van der Waals surface area contributed by atoms with Gasteiger partial charge in [0.2, 0.25) is 0 Å². The van der Waals surface area contributed by atoms with Gasteiger partial charge in [0.1, 0.15) is 4.86 Å². The first kappa shape index (κ1) is 19.0. The first-order valence-electron chi connectivity index (χ1n) is 8.64. The van der Waals surface area contributed by atoms with Crippen LogP contribution >= 0.6 is 10.5 Å². The third-order valence-electron chi connectivity index (χ3n) is 4.20. The van der Waals surface area contributed by atoms with Gasteiger partial charge in [-0.25, -0.2) is 14.6 Å². The number of rotatable bonds is 4. The fourth-order valence-corrected chi connectivity index (χ4v) is 5.43. The van der Waals surface area contributed by atoms with E-state index in [1.807, 2.05) is 55.5 Å². The fourth-order valence-electron chi connectivity index (χ4n) is 3.04. The standard InChI is InChI=1S/C21H21NO4S/c1-4-13-27-17-12-8-6-10-15(17)14-9-5-7-11-16(14)22-18(20(23)25-2)19(27)21(24)26-3/h5-12H,4,13H2,1-3H3. The van der Waals surface area contributed by atoms with Gasteiger partial charge in [-0.15, -0.1) is 10.5 Å². The minimum atomic E-state index is -0.665. The highest BCUT2D eigenvalue weighted by molar-refractivity contribution is 8.18. The molecule has 1 unspecified atom stereocenters. The van der Waals surface area contributed by atoms with Crippen LogP contribution in [0, 0.1) is 0 Å². The molecule has 0 saturated carbocycles. The lowest BCUT2D eigenvalue weighted by Crippen LogP contribution is -2.33. The van der Waals surface area contributed by atoms with Gasteiger partial charge in [0, 0.05) is 10.5 Å². The molecule has 1 aliphatic rings. The summed E-state index contributed by atoms with van der Waals surface area (Å²) in [5, 5.41) is 0. The molecule has 0 aromatic heterocycles. The third kappa shape index (κ3) is 3.57. The Morgan fingerprint density at radius 3 is 2.22 bits per heavy atom. The summed E-state index contributed by atoms with van der Waals surface area (Å²) in [5.41, 5.74) is 2.57. The highest BCUT2D eigenvalue weighted by Crippen LogP contribution is 2.43. The van der Waals surface area contributed by atoms with Crippen LogP contribution < -0.4 is 0 Å². The van der Waals surface area contributed by atoms with E-state index in [-0.39, 0.29) is 10.6 Å². The van der Waals surface area contributed by atoms with Crippen molar-refractivity contribution in [3.63, 3.8) is 0 Å². The lowest BCUT2D eigenvalue weighted by atomic mass is 10.0. The minimum absolute atomic E-state index is 0.0167. The number of para-hydroxylation sites is 1. The van der Waals surface area contributed by atoms with Crippen LogP contribution in [0.3, 0.4) is 0 Å². The minimum Gasteiger partial charge on any atom is -0.465 e. The number of ether oxygens (including phenoxy) is 2. The Morgan fingerprint density at radius 2 is 1.56 bits per heavy atom. The summed E-state index contributed by atoms with van der Waals surface area (Å²) in [5.74, 6) is -0.483. The van der Waals surface area contributed by atoms with Crippen molar-refractivity contribution in [2.24, 2.45) is 4.99 Å². The normalized spacial score (nSPS) is 16.9. The zero-order valence-electron chi connectivity index (χ0n) is 15.5. The first-order chi connectivity index (χ1) is 13.1. The van der Waals surface area contributed by atoms with E-state index in [9.17, 15) is 9.59 Å². The molecule has 1 atom stereocenters. The molecule has 1 aliphatic heterocycles. The van der Waals surface area contributed by atoms with Crippen LogP contribution in [0.25, 0.3) is 11.1 Å². The average molecular weight is 383 g/mol. The van der Waals surface area contributed by atoms with Crippen molar-refractivity contribution >= 4 is 38.7 Å². The number of carbonyl (C=O) groups is 2. The van der Waals surface area contributed by atoms with Gasteiger partial charge in [-0.2, -0.15) is 0 Å². The molecule has 3 rings (SSSR count). The topological polar surface area (TPSA) is 65.0 Å². The maximum atomic E-state index is 12.7. The molecule has 27 heavy (non-hydrogen) atoms. The number of hydrogen-bond donors (Lipinski definition) is 0. The Morgan fingerprint density at radius 1 is 0.926 bits per heavy atom. The van der Waals surface area contributed by atoms with Crippen molar-refractivity contribution in [2.45, 2.75) is 18.2 Å². The monoisotopic (exact) mass is 383 g/mol. The SMILES string of the molecule is CCC/S1=C(/C(=O)OC)C(C(=O)OC)=Nc2ccccc2-c2ccccc21. The molecular weight excluding hydrogens is 362 g/mol. The Kier molecular flexibility index (Phi) is 5.86. The first-order valence-corrected chi connectivity index (χ1v) is 10.0. The van der Waals surface area contributed by atoms with Gasteiger partial charge in [-0.05, 0) is 29.9 Å². The average Bonchev–Trinajstić information content (AvgIpc) is 2.71. The summed E-state index contributed by atoms with van der Waals surface area (Å²) in [6.07, 6.45) is 0.841. The Labute approximate surface area is 161 Å². The van der Waals surface area contributed by atoms with Crippen molar-refractivity contribution in [2.75, 3.05) is 20.0 Å². The van der Waals surface area contributed by atoms with Crippen LogP contribution in [0.2, 0.25) is 0 Å². The third-order valence-corrected chi connectivity index (χ3v) is 6.75. The second-order valence-corrected chi connectivity index (χ2v) is 7.92. The highest BCUT2D eigenvalue weighted by atomic mass is 32.2. The van der Waals surface area contributed by atoms with Gasteiger partial charge in [-0.3, -0.25) is 0 Å². The molecule has 2 aromatic rings. The number of nitrogens with zero attached hydrogens (tertiary/aromatic N) is 1. The molecule has 140 valence electrons. The number of esters is 2. The van der Waals surface area contributed by atoms with Gasteiger partial charge in [0.15, 0.2) is 5.71 Å². The number of fused-ring (bicyclic) bond motifs is 3. The molecule has 0 spiro atoms. The van der Waals surface area contributed by atoms with E-state index in [2.05, 4.69) is 4.99 Å². The largest absolute Gasteiger partial charge is 0.465 e. The molecular formula is C21H21NO4S. The van der Waals surface area contributed by atoms with Crippen LogP contribution in [0.1, 0.15) is 13.3 Å². The van der Waals surface area contributed by atoms with Gasteiger partial charge >= 0.3 is 11.9 Å². The predicted octanol–water partition coefficient (Wildman–Crippen LogP) is 4.00. The molecule has 0 aliphatic carbocycles. The van der Waals surface area contributed by atoms with Gasteiger partial charge in [0.25, 0.3) is 0 Å². The van der Waals surface area contributed by atoms with Crippen molar-refractivity contribution in [3.8, 4) is 11.1 Å². The zero-order valence-corrected chi connectivity index (χ0v) is 16.3. The number of benzene rings is 2. The second-order valence-electron chi connectivity index (χ2n) is 5.88. The van der Waals surface area contributed by atoms with E-state index in [1.54, 1.807) is 0 Å². The van der Waals surface area contributed by atoms with Crippen LogP contribution in [0.5, 0.6) is 0 Å². The Balaban J connectivity index is 2.46. The van der Waals surface area contributed by atoms with E-state index in [1.165, 1.54) is 14.2 Å². The van der Waals surface area contributed by atoms with Crippen LogP contribution in [0.4, 0.5) is 5.69 Å². The molecule has 6 heteroatoms.